The van der Waals surface area contributed by atoms with E-state index in [4.69, 9.17) is 0 Å². The van der Waals surface area contributed by atoms with Gasteiger partial charge in [0.05, 0.1) is 0 Å². The Kier molecular flexibility index (Phi) is 5.73. The highest BCUT2D eigenvalue weighted by atomic mass is 15.2. The molecule has 0 fully saturated rings. The number of aryl methyl sites for hydroxylation is 2. The standard InChI is InChI=1S/C21H26N4/c1-16-7-5-8-17(13-16)14-25-21(22-2)23-12-6-9-18-15-24-20-11-4-3-10-19(18)20/h3-5,7-8,10-11,13,15,24H,6,9,12,14H2,1-2H3,(H2,22,23,25). The van der Waals surface area contributed by atoms with Crippen LogP contribution in [0.5, 0.6) is 0 Å². The van der Waals surface area contributed by atoms with Gasteiger partial charge in [-0.3, -0.25) is 4.99 Å². The number of benzene rings is 2. The lowest BCUT2D eigenvalue weighted by atomic mass is 10.1. The molecule has 0 aliphatic rings. The van der Waals surface area contributed by atoms with E-state index >= 15 is 0 Å². The second kappa shape index (κ2) is 8.38. The van der Waals surface area contributed by atoms with Gasteiger partial charge in [0.15, 0.2) is 5.96 Å². The summed E-state index contributed by atoms with van der Waals surface area (Å²) in [4.78, 5) is 7.63. The number of nitrogens with one attached hydrogen (secondary N) is 3. The maximum Gasteiger partial charge on any atom is 0.191 e. The van der Waals surface area contributed by atoms with Crippen LogP contribution in [0.3, 0.4) is 0 Å². The Morgan fingerprint density at radius 1 is 1.08 bits per heavy atom. The molecule has 0 radical (unpaired) electrons. The SMILES string of the molecule is CN=C(NCCCc1c[nH]c2ccccc12)NCc1cccc(C)c1. The minimum Gasteiger partial charge on any atom is -0.361 e. The fourth-order valence-electron chi connectivity index (χ4n) is 3.05. The van der Waals surface area contributed by atoms with Crippen LogP contribution in [0.2, 0.25) is 0 Å². The summed E-state index contributed by atoms with van der Waals surface area (Å²) in [5, 5.41) is 8.09. The Bertz CT molecular complexity index is 848. The smallest absolute Gasteiger partial charge is 0.191 e. The highest BCUT2D eigenvalue weighted by molar-refractivity contribution is 5.83. The Balaban J connectivity index is 1.44. The van der Waals surface area contributed by atoms with Crippen molar-refractivity contribution in [1.29, 1.82) is 0 Å². The zero-order chi connectivity index (χ0) is 17.5. The van der Waals surface area contributed by atoms with Gasteiger partial charge in [0.25, 0.3) is 0 Å². The number of para-hydroxylation sites is 1. The first kappa shape index (κ1) is 17.1. The number of nitrogens with zero attached hydrogens (tertiary/aromatic N) is 1. The van der Waals surface area contributed by atoms with E-state index in [2.05, 4.69) is 82.3 Å². The van der Waals surface area contributed by atoms with Crippen LogP contribution in [0.25, 0.3) is 10.9 Å². The van der Waals surface area contributed by atoms with Gasteiger partial charge < -0.3 is 15.6 Å². The summed E-state index contributed by atoms with van der Waals surface area (Å²) < 4.78 is 0. The predicted molar refractivity (Wildman–Crippen MR) is 106 cm³/mol. The maximum atomic E-state index is 4.30. The molecule has 0 aliphatic heterocycles. The van der Waals surface area contributed by atoms with Crippen molar-refractivity contribution in [2.75, 3.05) is 13.6 Å². The monoisotopic (exact) mass is 334 g/mol. The number of rotatable bonds is 6. The molecule has 1 heterocycles. The lowest BCUT2D eigenvalue weighted by Crippen LogP contribution is -2.37. The number of aliphatic imine (C=N–C) groups is 1. The van der Waals surface area contributed by atoms with Gasteiger partial charge in [-0.2, -0.15) is 0 Å². The largest absolute Gasteiger partial charge is 0.361 e. The minimum atomic E-state index is 0.782. The first-order valence-electron chi connectivity index (χ1n) is 8.81. The molecule has 0 saturated carbocycles. The lowest BCUT2D eigenvalue weighted by molar-refractivity contribution is 0.744. The molecular formula is C21H26N4. The molecule has 0 atom stereocenters. The number of fused-ring (bicyclic) bond motifs is 1. The van der Waals surface area contributed by atoms with E-state index in [0.29, 0.717) is 0 Å². The van der Waals surface area contributed by atoms with Crippen molar-refractivity contribution in [2.24, 2.45) is 4.99 Å². The Morgan fingerprint density at radius 3 is 2.80 bits per heavy atom. The van der Waals surface area contributed by atoms with Gasteiger partial charge in [0, 0.05) is 37.2 Å². The van der Waals surface area contributed by atoms with Gasteiger partial charge in [-0.15, -0.1) is 0 Å². The van der Waals surface area contributed by atoms with Gasteiger partial charge in [0.1, 0.15) is 0 Å². The van der Waals surface area contributed by atoms with Crippen molar-refractivity contribution in [3.63, 3.8) is 0 Å². The van der Waals surface area contributed by atoms with Crippen LogP contribution in [0.1, 0.15) is 23.1 Å². The van der Waals surface area contributed by atoms with Crippen LogP contribution in [-0.4, -0.2) is 24.5 Å². The molecule has 0 spiro atoms. The minimum absolute atomic E-state index is 0.782. The van der Waals surface area contributed by atoms with E-state index in [1.165, 1.54) is 27.6 Å². The van der Waals surface area contributed by atoms with E-state index in [0.717, 1.165) is 31.9 Å². The molecule has 1 aromatic heterocycles. The Labute approximate surface area is 149 Å². The number of hydrogen-bond donors (Lipinski definition) is 3. The Morgan fingerprint density at radius 2 is 1.96 bits per heavy atom. The third-order valence-electron chi connectivity index (χ3n) is 4.36. The molecule has 0 saturated heterocycles. The number of guanidine groups is 1. The first-order valence-corrected chi connectivity index (χ1v) is 8.81. The quantitative estimate of drug-likeness (QED) is 0.365. The van der Waals surface area contributed by atoms with Crippen molar-refractivity contribution in [3.8, 4) is 0 Å². The summed E-state index contributed by atoms with van der Waals surface area (Å²) in [6.45, 7) is 3.79. The van der Waals surface area contributed by atoms with Crippen LogP contribution in [0.15, 0.2) is 59.7 Å². The molecule has 0 bridgehead atoms. The van der Waals surface area contributed by atoms with Crippen molar-refractivity contribution in [3.05, 3.63) is 71.4 Å². The third kappa shape index (κ3) is 4.63. The van der Waals surface area contributed by atoms with Gasteiger partial charge in [-0.1, -0.05) is 48.0 Å². The van der Waals surface area contributed by atoms with Crippen molar-refractivity contribution in [2.45, 2.75) is 26.3 Å². The number of aromatic nitrogens is 1. The molecule has 0 amide bonds. The van der Waals surface area contributed by atoms with E-state index in [-0.39, 0.29) is 0 Å². The highest BCUT2D eigenvalue weighted by Gasteiger charge is 2.03. The lowest BCUT2D eigenvalue weighted by Gasteiger charge is -2.12. The molecule has 3 N–H and O–H groups in total. The summed E-state index contributed by atoms with van der Waals surface area (Å²) in [7, 11) is 1.81. The number of aromatic amines is 1. The topological polar surface area (TPSA) is 52.2 Å². The molecule has 130 valence electrons. The Hall–Kier alpha value is -2.75. The van der Waals surface area contributed by atoms with Gasteiger partial charge in [-0.05, 0) is 37.0 Å². The first-order chi connectivity index (χ1) is 12.3. The molecule has 0 aliphatic carbocycles. The molecule has 3 aromatic rings. The maximum absolute atomic E-state index is 4.30. The average molecular weight is 334 g/mol. The van der Waals surface area contributed by atoms with Crippen LogP contribution in [-0.2, 0) is 13.0 Å². The second-order valence-electron chi connectivity index (χ2n) is 6.30. The summed E-state index contributed by atoms with van der Waals surface area (Å²) in [6.07, 6.45) is 4.23. The van der Waals surface area contributed by atoms with Crippen LogP contribution in [0, 0.1) is 6.92 Å². The van der Waals surface area contributed by atoms with Crippen molar-refractivity contribution >= 4 is 16.9 Å². The summed E-state index contributed by atoms with van der Waals surface area (Å²) in [6, 6.07) is 17.0. The summed E-state index contributed by atoms with van der Waals surface area (Å²) in [5.74, 6) is 0.848. The molecule has 25 heavy (non-hydrogen) atoms. The van der Waals surface area contributed by atoms with E-state index in [9.17, 15) is 0 Å². The average Bonchev–Trinajstić information content (AvgIpc) is 3.04. The van der Waals surface area contributed by atoms with Crippen LogP contribution in [0.4, 0.5) is 0 Å². The second-order valence-corrected chi connectivity index (χ2v) is 6.30. The zero-order valence-electron chi connectivity index (χ0n) is 15.0. The normalized spacial score (nSPS) is 11.7. The number of H-pyrrole nitrogens is 1. The van der Waals surface area contributed by atoms with Crippen molar-refractivity contribution in [1.82, 2.24) is 15.6 Å². The molecule has 4 nitrogen and oxygen atoms in total. The fourth-order valence-corrected chi connectivity index (χ4v) is 3.05. The van der Waals surface area contributed by atoms with E-state index < -0.39 is 0 Å². The summed E-state index contributed by atoms with van der Waals surface area (Å²) >= 11 is 0. The molecule has 3 rings (SSSR count). The number of hydrogen-bond acceptors (Lipinski definition) is 1. The molecule has 2 aromatic carbocycles. The predicted octanol–water partition coefficient (Wildman–Crippen LogP) is 3.77. The summed E-state index contributed by atoms with van der Waals surface area (Å²) in [5.41, 5.74) is 5.13. The fraction of sp³-hybridized carbons (Fsp3) is 0.286. The third-order valence-corrected chi connectivity index (χ3v) is 4.36. The van der Waals surface area contributed by atoms with Gasteiger partial charge >= 0.3 is 0 Å². The van der Waals surface area contributed by atoms with Crippen molar-refractivity contribution < 1.29 is 0 Å². The molecule has 4 heteroatoms. The zero-order valence-corrected chi connectivity index (χ0v) is 15.0. The highest BCUT2D eigenvalue weighted by Crippen LogP contribution is 2.18. The van der Waals surface area contributed by atoms with E-state index in [1.807, 2.05) is 7.05 Å². The van der Waals surface area contributed by atoms with Crippen LogP contribution >= 0.6 is 0 Å². The van der Waals surface area contributed by atoms with Gasteiger partial charge in [-0.25, -0.2) is 0 Å². The molecular weight excluding hydrogens is 308 g/mol. The van der Waals surface area contributed by atoms with Gasteiger partial charge in [0.2, 0.25) is 0 Å². The van der Waals surface area contributed by atoms with Crippen LogP contribution < -0.4 is 10.6 Å². The molecule has 0 unspecified atom stereocenters. The van der Waals surface area contributed by atoms with E-state index in [1.54, 1.807) is 0 Å².